The molecule has 0 fully saturated rings. The lowest BCUT2D eigenvalue weighted by molar-refractivity contribution is 0.591. The van der Waals surface area contributed by atoms with Gasteiger partial charge in [0.25, 0.3) is 0 Å². The zero-order valence-electron chi connectivity index (χ0n) is 40.3. The Kier molecular flexibility index (Phi) is 9.00. The largest absolute Gasteiger partial charge is 0.329 e. The minimum absolute atomic E-state index is 0.852. The minimum Gasteiger partial charge on any atom is -0.329 e. The molecular weight excluding hydrogens is 717 g/mol. The molecule has 5 aromatic carbocycles. The van der Waals surface area contributed by atoms with Crippen LogP contribution >= 0.6 is 0 Å². The van der Waals surface area contributed by atoms with Crippen molar-refractivity contribution in [2.24, 2.45) is 14.1 Å². The van der Waals surface area contributed by atoms with Crippen molar-refractivity contribution < 1.29 is 0 Å². The summed E-state index contributed by atoms with van der Waals surface area (Å²) in [7, 11) is 4.56. The molecule has 0 spiro atoms. The van der Waals surface area contributed by atoms with Gasteiger partial charge in [-0.15, -0.1) is 0 Å². The lowest BCUT2D eigenvalue weighted by atomic mass is 9.70. The second kappa shape index (κ2) is 13.0. The van der Waals surface area contributed by atoms with E-state index in [0.717, 1.165) is 22.7 Å². The molecule has 0 saturated carbocycles. The molecule has 8 rings (SSSR count). The van der Waals surface area contributed by atoms with Gasteiger partial charge >= 0.3 is 0 Å². The highest BCUT2D eigenvalue weighted by molar-refractivity contribution is 5.98. The van der Waals surface area contributed by atoms with E-state index < -0.39 is 5.41 Å². The summed E-state index contributed by atoms with van der Waals surface area (Å²) in [5, 5.41) is 0. The summed E-state index contributed by atoms with van der Waals surface area (Å²) in [5.74, 6) is 2.08. The third kappa shape index (κ3) is 4.72. The van der Waals surface area contributed by atoms with Gasteiger partial charge in [0.15, 0.2) is 0 Å². The Labute approximate surface area is 354 Å². The van der Waals surface area contributed by atoms with Crippen molar-refractivity contribution in [1.29, 1.82) is 0 Å². The minimum atomic E-state index is -0.852. The average Bonchev–Trinajstić information content (AvgIpc) is 3.85. The Morgan fingerprint density at radius 2 is 0.525 bits per heavy atom. The molecule has 306 valence electrons. The van der Waals surface area contributed by atoms with E-state index >= 15 is 0 Å². The van der Waals surface area contributed by atoms with Gasteiger partial charge in [-0.05, 0) is 283 Å². The summed E-state index contributed by atoms with van der Waals surface area (Å²) in [4.78, 5) is 12.0. The van der Waals surface area contributed by atoms with Gasteiger partial charge in [-0.2, -0.15) is 0 Å². The molecule has 4 nitrogen and oxygen atoms in total. The van der Waals surface area contributed by atoms with E-state index in [0.29, 0.717) is 0 Å². The first-order valence-corrected chi connectivity index (χ1v) is 21.7. The predicted octanol–water partition coefficient (Wildman–Crippen LogP) is 13.7. The van der Waals surface area contributed by atoms with Crippen molar-refractivity contribution in [2.45, 2.75) is 144 Å². The summed E-state index contributed by atoms with van der Waals surface area (Å²) in [6.45, 7) is 46.4. The number of aromatic nitrogens is 4. The molecule has 0 bridgehead atoms. The number of fused-ring (bicyclic) bond motifs is 5. The van der Waals surface area contributed by atoms with E-state index in [1.807, 2.05) is 0 Å². The van der Waals surface area contributed by atoms with Crippen molar-refractivity contribution in [3.63, 3.8) is 0 Å². The smallest absolute Gasteiger partial charge is 0.138 e. The Hall–Kier alpha value is -4.96. The quantitative estimate of drug-likeness (QED) is 0.179. The van der Waals surface area contributed by atoms with Crippen LogP contribution in [0.15, 0.2) is 0 Å². The summed E-state index contributed by atoms with van der Waals surface area (Å²) in [6, 6.07) is 0. The van der Waals surface area contributed by atoms with Gasteiger partial charge < -0.3 is 9.13 Å². The Balaban J connectivity index is 1.76. The zero-order chi connectivity index (χ0) is 43.5. The molecule has 4 heteroatoms. The van der Waals surface area contributed by atoms with E-state index in [1.165, 1.54) is 156 Å². The third-order valence-corrected chi connectivity index (χ3v) is 16.9. The van der Waals surface area contributed by atoms with Crippen LogP contribution in [0.2, 0.25) is 0 Å². The molecule has 1 aliphatic rings. The van der Waals surface area contributed by atoms with Gasteiger partial charge in [-0.25, -0.2) is 9.97 Å². The van der Waals surface area contributed by atoms with Crippen molar-refractivity contribution in [1.82, 2.24) is 19.1 Å². The Morgan fingerprint density at radius 1 is 0.271 bits per heavy atom. The van der Waals surface area contributed by atoms with Gasteiger partial charge in [0, 0.05) is 14.1 Å². The molecular formula is C55H66N4. The molecule has 59 heavy (non-hydrogen) atoms. The molecule has 0 amide bonds. The number of hydrogen-bond donors (Lipinski definition) is 0. The van der Waals surface area contributed by atoms with Gasteiger partial charge in [0.05, 0.1) is 22.1 Å². The first-order valence-electron chi connectivity index (χ1n) is 21.7. The molecule has 0 atom stereocenters. The molecule has 0 N–H and O–H groups in total. The first-order chi connectivity index (χ1) is 27.5. The second-order valence-electron chi connectivity index (χ2n) is 18.9. The molecule has 0 saturated heterocycles. The SMILES string of the molecule is Cc1c(C)c(C)c(-c2c(C)c(C)c3c(c2C)C(c2nc4c(C)c(C)c(C)c(C)c4n2C)(c2nc4c(C)c(C)c(C)c(C)c4n2C)c2c(C)c(C)c(C)c(C)c2-3)c(C)c1C. The summed E-state index contributed by atoms with van der Waals surface area (Å²) in [5.41, 5.74) is 38.6. The summed E-state index contributed by atoms with van der Waals surface area (Å²) in [6.07, 6.45) is 0. The lowest BCUT2D eigenvalue weighted by Crippen LogP contribution is -2.36. The van der Waals surface area contributed by atoms with Crippen LogP contribution < -0.4 is 0 Å². The highest BCUT2D eigenvalue weighted by Crippen LogP contribution is 2.63. The fourth-order valence-corrected chi connectivity index (χ4v) is 11.8. The molecule has 0 radical (unpaired) electrons. The van der Waals surface area contributed by atoms with E-state index in [-0.39, 0.29) is 0 Å². The summed E-state index contributed by atoms with van der Waals surface area (Å²) < 4.78 is 4.93. The maximum atomic E-state index is 6.00. The number of imidazole rings is 2. The molecule has 1 aliphatic carbocycles. The maximum Gasteiger partial charge on any atom is 0.138 e. The van der Waals surface area contributed by atoms with Crippen molar-refractivity contribution >= 4 is 22.1 Å². The lowest BCUT2D eigenvalue weighted by Gasteiger charge is -2.35. The monoisotopic (exact) mass is 783 g/mol. The van der Waals surface area contributed by atoms with Crippen LogP contribution in [-0.4, -0.2) is 19.1 Å². The fraction of sp³-hybridized carbons (Fsp3) is 0.418. The molecule has 0 unspecified atom stereocenters. The maximum absolute atomic E-state index is 6.00. The number of hydrogen-bond acceptors (Lipinski definition) is 2. The Morgan fingerprint density at radius 3 is 0.932 bits per heavy atom. The number of nitrogens with zero attached hydrogens (tertiary/aromatic N) is 4. The van der Waals surface area contributed by atoms with Crippen molar-refractivity contribution in [3.8, 4) is 22.3 Å². The van der Waals surface area contributed by atoms with E-state index in [4.69, 9.17) is 9.97 Å². The normalized spacial score (nSPS) is 13.4. The zero-order valence-corrected chi connectivity index (χ0v) is 40.3. The fourth-order valence-electron chi connectivity index (χ4n) is 11.8. The van der Waals surface area contributed by atoms with Crippen LogP contribution in [0.3, 0.4) is 0 Å². The van der Waals surface area contributed by atoms with Gasteiger partial charge in [0.1, 0.15) is 17.1 Å². The van der Waals surface area contributed by atoms with E-state index in [9.17, 15) is 0 Å². The molecule has 2 heterocycles. The van der Waals surface area contributed by atoms with Gasteiger partial charge in [0.2, 0.25) is 0 Å². The van der Waals surface area contributed by atoms with Crippen LogP contribution in [0, 0.1) is 138 Å². The number of aryl methyl sites for hydroxylation is 6. The topological polar surface area (TPSA) is 35.6 Å². The first kappa shape index (κ1) is 40.8. The van der Waals surface area contributed by atoms with Crippen LogP contribution in [-0.2, 0) is 19.5 Å². The second-order valence-corrected chi connectivity index (χ2v) is 18.9. The van der Waals surface area contributed by atoms with Crippen LogP contribution in [0.25, 0.3) is 44.3 Å². The van der Waals surface area contributed by atoms with Crippen LogP contribution in [0.1, 0.15) is 134 Å². The standard InChI is InChI=1S/C55H66N4/c1-23-24(2)32(10)43(33(11)25(23)3)44-35(13)36(14)46-45-34(12)26(4)27(5)37(15)47(45)55(48(46)42(44)20,53-56-49-38(16)28(6)30(8)40(18)51(49)58(53)21)54-57-50-39(17)29(7)31(9)41(19)52(50)59(54)22/h1-22H3. The van der Waals surface area contributed by atoms with Crippen LogP contribution in [0.5, 0.6) is 0 Å². The highest BCUT2D eigenvalue weighted by Gasteiger charge is 2.56. The number of benzene rings is 5. The van der Waals surface area contributed by atoms with E-state index in [1.54, 1.807) is 0 Å². The van der Waals surface area contributed by atoms with Crippen LogP contribution in [0.4, 0.5) is 0 Å². The van der Waals surface area contributed by atoms with Crippen molar-refractivity contribution in [3.05, 3.63) is 134 Å². The van der Waals surface area contributed by atoms with Crippen molar-refractivity contribution in [2.75, 3.05) is 0 Å². The number of rotatable bonds is 3. The highest BCUT2D eigenvalue weighted by atomic mass is 15.1. The van der Waals surface area contributed by atoms with E-state index in [2.05, 4.69) is 162 Å². The molecule has 2 aromatic heterocycles. The van der Waals surface area contributed by atoms with Gasteiger partial charge in [-0.1, -0.05) is 0 Å². The third-order valence-electron chi connectivity index (χ3n) is 16.9. The van der Waals surface area contributed by atoms with Gasteiger partial charge in [-0.3, -0.25) is 0 Å². The summed E-state index contributed by atoms with van der Waals surface area (Å²) >= 11 is 0. The molecule has 0 aliphatic heterocycles. The molecule has 7 aromatic rings. The Bertz CT molecular complexity index is 2960. The predicted molar refractivity (Wildman–Crippen MR) is 252 cm³/mol. The average molecular weight is 783 g/mol.